The molecule has 0 heterocycles. The van der Waals surface area contributed by atoms with Crippen LogP contribution in [0.3, 0.4) is 0 Å². The van der Waals surface area contributed by atoms with Crippen LogP contribution in [0.15, 0.2) is 36.4 Å². The second-order valence-electron chi connectivity index (χ2n) is 5.72. The lowest BCUT2D eigenvalue weighted by Gasteiger charge is -2.18. The van der Waals surface area contributed by atoms with E-state index in [2.05, 4.69) is 5.32 Å². The van der Waals surface area contributed by atoms with Crippen LogP contribution in [-0.2, 0) is 6.61 Å². The summed E-state index contributed by atoms with van der Waals surface area (Å²) in [7, 11) is 5.15. The van der Waals surface area contributed by atoms with Crippen molar-refractivity contribution >= 4 is 29.1 Å². The summed E-state index contributed by atoms with van der Waals surface area (Å²) in [4.78, 5) is 14.1. The first kappa shape index (κ1) is 20.4. The van der Waals surface area contributed by atoms with Crippen LogP contribution in [0.5, 0.6) is 11.5 Å². The number of halogens is 2. The van der Waals surface area contributed by atoms with Gasteiger partial charge in [-0.2, -0.15) is 0 Å². The lowest BCUT2D eigenvalue weighted by Crippen LogP contribution is -2.32. The minimum atomic E-state index is -0.0779. The number of nitrogens with one attached hydrogen (secondary N) is 1. The van der Waals surface area contributed by atoms with E-state index in [0.717, 1.165) is 12.1 Å². The van der Waals surface area contributed by atoms with E-state index in [4.69, 9.17) is 32.7 Å². The van der Waals surface area contributed by atoms with Gasteiger partial charge in [-0.3, -0.25) is 4.79 Å². The Balaban J connectivity index is 2.11. The Morgan fingerprint density at radius 1 is 1.15 bits per heavy atom. The largest absolute Gasteiger partial charge is 0.493 e. The second-order valence-corrected chi connectivity index (χ2v) is 6.56. The highest BCUT2D eigenvalue weighted by atomic mass is 35.5. The Hall–Kier alpha value is -1.95. The number of likely N-dealkylation sites (N-methyl/N-ethyl adjacent to an activating group) is 2. The molecular weight excluding hydrogens is 375 g/mol. The molecule has 1 N–H and O–H groups in total. The molecule has 0 aliphatic carbocycles. The Kier molecular flexibility index (Phi) is 7.57. The van der Waals surface area contributed by atoms with E-state index < -0.39 is 0 Å². The summed E-state index contributed by atoms with van der Waals surface area (Å²) in [5, 5.41) is 4.13. The molecule has 7 heteroatoms. The van der Waals surface area contributed by atoms with Gasteiger partial charge in [-0.25, -0.2) is 0 Å². The van der Waals surface area contributed by atoms with Crippen LogP contribution in [0.4, 0.5) is 0 Å². The van der Waals surface area contributed by atoms with E-state index in [1.165, 1.54) is 7.11 Å². The number of nitrogens with zero attached hydrogens (tertiary/aromatic N) is 1. The molecule has 26 heavy (non-hydrogen) atoms. The summed E-state index contributed by atoms with van der Waals surface area (Å²) in [6.45, 7) is 1.61. The van der Waals surface area contributed by atoms with Gasteiger partial charge in [-0.15, -0.1) is 0 Å². The molecule has 2 aromatic carbocycles. The first-order chi connectivity index (χ1) is 12.5. The van der Waals surface area contributed by atoms with Gasteiger partial charge in [0.2, 0.25) is 0 Å². The standard InChI is InChI=1S/C19H22Cl2N2O3/c1-22-8-9-23(2)19(24)13-5-7-17(18(10-13)25-3)26-12-14-4-6-15(20)11-16(14)21/h4-7,10-11,22H,8-9,12H2,1-3H3. The molecular formula is C19H22Cl2N2O3. The maximum atomic E-state index is 12.5. The van der Waals surface area contributed by atoms with Gasteiger partial charge in [0.1, 0.15) is 6.61 Å². The molecule has 2 aromatic rings. The Bertz CT molecular complexity index is 768. The van der Waals surface area contributed by atoms with Gasteiger partial charge in [-0.1, -0.05) is 29.3 Å². The predicted octanol–water partition coefficient (Wildman–Crippen LogP) is 3.87. The predicted molar refractivity (Wildman–Crippen MR) is 105 cm³/mol. The summed E-state index contributed by atoms with van der Waals surface area (Å²) in [6, 6.07) is 10.4. The summed E-state index contributed by atoms with van der Waals surface area (Å²) in [5.41, 5.74) is 1.35. The van der Waals surface area contributed by atoms with Crippen LogP contribution in [-0.4, -0.2) is 45.1 Å². The van der Waals surface area contributed by atoms with Gasteiger partial charge in [0, 0.05) is 41.3 Å². The molecule has 140 valence electrons. The Morgan fingerprint density at radius 2 is 1.92 bits per heavy atom. The van der Waals surface area contributed by atoms with Crippen molar-refractivity contribution in [3.63, 3.8) is 0 Å². The lowest BCUT2D eigenvalue weighted by atomic mass is 10.1. The fourth-order valence-corrected chi connectivity index (χ4v) is 2.78. The van der Waals surface area contributed by atoms with Crippen molar-refractivity contribution in [3.05, 3.63) is 57.6 Å². The zero-order chi connectivity index (χ0) is 19.1. The number of amides is 1. The van der Waals surface area contributed by atoms with E-state index in [-0.39, 0.29) is 12.5 Å². The van der Waals surface area contributed by atoms with Crippen molar-refractivity contribution in [2.45, 2.75) is 6.61 Å². The smallest absolute Gasteiger partial charge is 0.253 e. The van der Waals surface area contributed by atoms with Crippen molar-refractivity contribution in [2.24, 2.45) is 0 Å². The number of rotatable bonds is 8. The third-order valence-electron chi connectivity index (χ3n) is 3.85. The molecule has 0 radical (unpaired) electrons. The van der Waals surface area contributed by atoms with Crippen molar-refractivity contribution in [2.75, 3.05) is 34.3 Å². The third-order valence-corrected chi connectivity index (χ3v) is 4.44. The molecule has 0 fully saturated rings. The molecule has 0 saturated heterocycles. The Labute approximate surface area is 163 Å². The van der Waals surface area contributed by atoms with E-state index in [1.807, 2.05) is 13.1 Å². The second kappa shape index (κ2) is 9.67. The molecule has 0 spiro atoms. The van der Waals surface area contributed by atoms with Gasteiger partial charge < -0.3 is 19.7 Å². The fraction of sp³-hybridized carbons (Fsp3) is 0.316. The minimum Gasteiger partial charge on any atom is -0.493 e. The number of methoxy groups -OCH3 is 1. The number of ether oxygens (including phenoxy) is 2. The van der Waals surface area contributed by atoms with E-state index in [1.54, 1.807) is 42.3 Å². The fourth-order valence-electron chi connectivity index (χ4n) is 2.32. The highest BCUT2D eigenvalue weighted by Gasteiger charge is 2.15. The first-order valence-corrected chi connectivity index (χ1v) is 8.86. The molecule has 0 atom stereocenters. The number of benzene rings is 2. The van der Waals surface area contributed by atoms with Crippen molar-refractivity contribution in [3.8, 4) is 11.5 Å². The topological polar surface area (TPSA) is 50.8 Å². The van der Waals surface area contributed by atoms with Gasteiger partial charge in [0.05, 0.1) is 7.11 Å². The van der Waals surface area contributed by atoms with Crippen LogP contribution >= 0.6 is 23.2 Å². The van der Waals surface area contributed by atoms with Crippen LogP contribution in [0.1, 0.15) is 15.9 Å². The van der Waals surface area contributed by atoms with Gasteiger partial charge >= 0.3 is 0 Å². The van der Waals surface area contributed by atoms with Crippen molar-refractivity contribution in [1.29, 1.82) is 0 Å². The number of hydrogen-bond acceptors (Lipinski definition) is 4. The molecule has 0 aliphatic heterocycles. The number of carbonyl (C=O) groups is 1. The maximum absolute atomic E-state index is 12.5. The highest BCUT2D eigenvalue weighted by Crippen LogP contribution is 2.30. The Morgan fingerprint density at radius 3 is 2.58 bits per heavy atom. The molecule has 0 unspecified atom stereocenters. The summed E-state index contributed by atoms with van der Waals surface area (Å²) < 4.78 is 11.2. The van der Waals surface area contributed by atoms with Crippen LogP contribution in [0, 0.1) is 0 Å². The number of carbonyl (C=O) groups excluding carboxylic acids is 1. The van der Waals surface area contributed by atoms with Gasteiger partial charge in [0.25, 0.3) is 5.91 Å². The average molecular weight is 397 g/mol. The van der Waals surface area contributed by atoms with E-state index in [0.29, 0.717) is 33.7 Å². The third kappa shape index (κ3) is 5.27. The molecule has 5 nitrogen and oxygen atoms in total. The summed E-state index contributed by atoms with van der Waals surface area (Å²) in [5.74, 6) is 0.946. The molecule has 0 bridgehead atoms. The first-order valence-electron chi connectivity index (χ1n) is 8.11. The molecule has 0 aromatic heterocycles. The summed E-state index contributed by atoms with van der Waals surface area (Å²) in [6.07, 6.45) is 0. The normalized spacial score (nSPS) is 10.5. The summed E-state index contributed by atoms with van der Waals surface area (Å²) >= 11 is 12.1. The molecule has 2 rings (SSSR count). The monoisotopic (exact) mass is 396 g/mol. The van der Waals surface area contributed by atoms with E-state index in [9.17, 15) is 4.79 Å². The van der Waals surface area contributed by atoms with Crippen molar-refractivity contribution < 1.29 is 14.3 Å². The van der Waals surface area contributed by atoms with Gasteiger partial charge in [0.15, 0.2) is 11.5 Å². The number of hydrogen-bond donors (Lipinski definition) is 1. The molecule has 0 aliphatic rings. The highest BCUT2D eigenvalue weighted by molar-refractivity contribution is 6.35. The lowest BCUT2D eigenvalue weighted by molar-refractivity contribution is 0.0796. The molecule has 1 amide bonds. The van der Waals surface area contributed by atoms with Crippen LogP contribution in [0.2, 0.25) is 10.0 Å². The van der Waals surface area contributed by atoms with Gasteiger partial charge in [-0.05, 0) is 37.4 Å². The molecule has 0 saturated carbocycles. The van der Waals surface area contributed by atoms with E-state index >= 15 is 0 Å². The average Bonchev–Trinajstić information content (AvgIpc) is 2.64. The van der Waals surface area contributed by atoms with Crippen molar-refractivity contribution in [1.82, 2.24) is 10.2 Å². The zero-order valence-corrected chi connectivity index (χ0v) is 16.5. The minimum absolute atomic E-state index is 0.0779. The SMILES string of the molecule is CNCCN(C)C(=O)c1ccc(OCc2ccc(Cl)cc2Cl)c(OC)c1. The van der Waals surface area contributed by atoms with Crippen LogP contribution < -0.4 is 14.8 Å². The maximum Gasteiger partial charge on any atom is 0.253 e. The quantitative estimate of drug-likeness (QED) is 0.735. The zero-order valence-electron chi connectivity index (χ0n) is 15.0. The van der Waals surface area contributed by atoms with Crippen LogP contribution in [0.25, 0.3) is 0 Å².